The van der Waals surface area contributed by atoms with Crippen LogP contribution in [-0.4, -0.2) is 33.5 Å². The van der Waals surface area contributed by atoms with E-state index in [9.17, 15) is 13.2 Å². The van der Waals surface area contributed by atoms with Crippen molar-refractivity contribution < 1.29 is 22.6 Å². The van der Waals surface area contributed by atoms with Crippen molar-refractivity contribution in [1.29, 1.82) is 0 Å². The molecule has 0 aromatic heterocycles. The molecule has 0 atom stereocenters. The van der Waals surface area contributed by atoms with Crippen LogP contribution in [0, 0.1) is 0 Å². The second kappa shape index (κ2) is 8.49. The number of methoxy groups -OCH3 is 1. The third kappa shape index (κ3) is 6.11. The van der Waals surface area contributed by atoms with Crippen molar-refractivity contribution >= 4 is 21.6 Å². The van der Waals surface area contributed by atoms with E-state index in [1.54, 1.807) is 13.2 Å². The summed E-state index contributed by atoms with van der Waals surface area (Å²) in [7, 11) is 1.62. The molecule has 0 radical (unpaired) electrons. The molecule has 0 heterocycles. The van der Waals surface area contributed by atoms with Gasteiger partial charge in [-0.1, -0.05) is 15.9 Å². The second-order valence-electron chi connectivity index (χ2n) is 4.08. The number of hydrogen-bond acceptors (Lipinski definition) is 3. The number of ether oxygens (including phenoxy) is 2. The Morgan fingerprint density at radius 1 is 1.20 bits per heavy atom. The Morgan fingerprint density at radius 2 is 1.95 bits per heavy atom. The molecule has 1 aromatic carbocycles. The molecule has 1 rings (SSSR count). The first-order chi connectivity index (χ1) is 9.45. The molecule has 1 aromatic rings. The van der Waals surface area contributed by atoms with E-state index in [0.29, 0.717) is 32.1 Å². The molecule has 3 nitrogen and oxygen atoms in total. The second-order valence-corrected chi connectivity index (χ2v) is 4.93. The number of anilines is 1. The van der Waals surface area contributed by atoms with Crippen LogP contribution >= 0.6 is 15.9 Å². The van der Waals surface area contributed by atoms with Gasteiger partial charge < -0.3 is 14.8 Å². The minimum Gasteiger partial charge on any atom is -0.385 e. The molecule has 7 heteroatoms. The van der Waals surface area contributed by atoms with Crippen molar-refractivity contribution in [2.45, 2.75) is 12.6 Å². The highest BCUT2D eigenvalue weighted by Gasteiger charge is 2.33. The molecule has 20 heavy (non-hydrogen) atoms. The van der Waals surface area contributed by atoms with Gasteiger partial charge in [0.05, 0.1) is 12.2 Å². The Labute approximate surface area is 124 Å². The summed E-state index contributed by atoms with van der Waals surface area (Å²) in [4.78, 5) is 0. The number of alkyl halides is 3. The molecule has 0 fully saturated rings. The zero-order valence-corrected chi connectivity index (χ0v) is 12.7. The predicted molar refractivity (Wildman–Crippen MR) is 74.9 cm³/mol. The quantitative estimate of drug-likeness (QED) is 0.716. The van der Waals surface area contributed by atoms with Crippen molar-refractivity contribution in [2.24, 2.45) is 0 Å². The molecule has 0 unspecified atom stereocenters. The van der Waals surface area contributed by atoms with Crippen LogP contribution in [0.4, 0.5) is 18.9 Å². The van der Waals surface area contributed by atoms with Crippen molar-refractivity contribution in [1.82, 2.24) is 0 Å². The lowest BCUT2D eigenvalue weighted by molar-refractivity contribution is -0.138. The van der Waals surface area contributed by atoms with Crippen LogP contribution in [0.1, 0.15) is 12.0 Å². The fraction of sp³-hybridized carbons (Fsp3) is 0.538. The summed E-state index contributed by atoms with van der Waals surface area (Å²) < 4.78 is 48.3. The summed E-state index contributed by atoms with van der Waals surface area (Å²) in [6, 6.07) is 4.05. The van der Waals surface area contributed by atoms with Crippen LogP contribution in [0.15, 0.2) is 22.7 Å². The van der Waals surface area contributed by atoms with E-state index < -0.39 is 11.7 Å². The van der Waals surface area contributed by atoms with E-state index >= 15 is 0 Å². The first kappa shape index (κ1) is 17.3. The number of benzene rings is 1. The standard InChI is InChI=1S/C13H17BrF3NO2/c1-19-6-2-7-20-8-5-18-10-3-4-12(14)11(9-10)13(15,16)17/h3-4,9,18H,2,5-8H2,1H3. The molecule has 114 valence electrons. The molecule has 0 aliphatic heterocycles. The van der Waals surface area contributed by atoms with Crippen molar-refractivity contribution in [2.75, 3.05) is 38.8 Å². The van der Waals surface area contributed by atoms with Gasteiger partial charge in [0.15, 0.2) is 0 Å². The first-order valence-corrected chi connectivity index (χ1v) is 6.91. The topological polar surface area (TPSA) is 30.5 Å². The molecule has 0 saturated heterocycles. The summed E-state index contributed by atoms with van der Waals surface area (Å²) in [6.07, 6.45) is -3.57. The van der Waals surface area contributed by atoms with Crippen LogP contribution in [0.3, 0.4) is 0 Å². The summed E-state index contributed by atoms with van der Waals surface area (Å²) >= 11 is 2.90. The number of nitrogens with one attached hydrogen (secondary N) is 1. The summed E-state index contributed by atoms with van der Waals surface area (Å²) in [5.41, 5.74) is -0.274. The largest absolute Gasteiger partial charge is 0.417 e. The summed E-state index contributed by atoms with van der Waals surface area (Å²) in [6.45, 7) is 2.09. The average molecular weight is 356 g/mol. The van der Waals surface area contributed by atoms with Crippen LogP contribution in [0.5, 0.6) is 0 Å². The van der Waals surface area contributed by atoms with Gasteiger partial charge in [-0.2, -0.15) is 13.2 Å². The molecule has 0 saturated carbocycles. The van der Waals surface area contributed by atoms with Gasteiger partial charge in [-0.15, -0.1) is 0 Å². The van der Waals surface area contributed by atoms with Crippen molar-refractivity contribution in [3.8, 4) is 0 Å². The van der Waals surface area contributed by atoms with Crippen LogP contribution < -0.4 is 5.32 Å². The van der Waals surface area contributed by atoms with Crippen molar-refractivity contribution in [3.05, 3.63) is 28.2 Å². The zero-order valence-electron chi connectivity index (χ0n) is 11.1. The molecular formula is C13H17BrF3NO2. The lowest BCUT2D eigenvalue weighted by Gasteiger charge is -2.12. The summed E-state index contributed by atoms with van der Waals surface area (Å²) in [5, 5.41) is 2.90. The normalized spacial score (nSPS) is 11.7. The Balaban J connectivity index is 2.38. The number of hydrogen-bond donors (Lipinski definition) is 1. The maximum absolute atomic E-state index is 12.7. The Hall–Kier alpha value is -0.790. The summed E-state index contributed by atoms with van der Waals surface area (Å²) in [5.74, 6) is 0. The van der Waals surface area contributed by atoms with E-state index in [4.69, 9.17) is 9.47 Å². The number of rotatable bonds is 8. The molecule has 1 N–H and O–H groups in total. The van der Waals surface area contributed by atoms with Crippen molar-refractivity contribution in [3.63, 3.8) is 0 Å². The van der Waals surface area contributed by atoms with E-state index in [0.717, 1.165) is 12.5 Å². The van der Waals surface area contributed by atoms with Gasteiger partial charge >= 0.3 is 6.18 Å². The van der Waals surface area contributed by atoms with Gasteiger partial charge in [-0.05, 0) is 24.6 Å². The highest BCUT2D eigenvalue weighted by Crippen LogP contribution is 2.36. The van der Waals surface area contributed by atoms with Gasteiger partial charge in [0.2, 0.25) is 0 Å². The SMILES string of the molecule is COCCCOCCNc1ccc(Br)c(C(F)(F)F)c1. The van der Waals surface area contributed by atoms with E-state index in [2.05, 4.69) is 21.2 Å². The molecule has 0 spiro atoms. The first-order valence-electron chi connectivity index (χ1n) is 6.12. The van der Waals surface area contributed by atoms with Gasteiger partial charge in [0, 0.05) is 37.0 Å². The smallest absolute Gasteiger partial charge is 0.385 e. The lowest BCUT2D eigenvalue weighted by atomic mass is 10.2. The molecular weight excluding hydrogens is 339 g/mol. The van der Waals surface area contributed by atoms with Crippen LogP contribution in [-0.2, 0) is 15.7 Å². The molecule has 0 bridgehead atoms. The average Bonchev–Trinajstić information content (AvgIpc) is 2.38. The highest BCUT2D eigenvalue weighted by atomic mass is 79.9. The highest BCUT2D eigenvalue weighted by molar-refractivity contribution is 9.10. The maximum atomic E-state index is 12.7. The maximum Gasteiger partial charge on any atom is 0.417 e. The predicted octanol–water partition coefficient (Wildman–Crippen LogP) is 3.93. The van der Waals surface area contributed by atoms with Crippen LogP contribution in [0.2, 0.25) is 0 Å². The van der Waals surface area contributed by atoms with Gasteiger partial charge in [-0.3, -0.25) is 0 Å². The minimum atomic E-state index is -4.37. The third-order valence-electron chi connectivity index (χ3n) is 2.48. The molecule has 0 amide bonds. The zero-order chi connectivity index (χ0) is 15.0. The lowest BCUT2D eigenvalue weighted by Crippen LogP contribution is -2.12. The van der Waals surface area contributed by atoms with Gasteiger partial charge in [0.25, 0.3) is 0 Å². The van der Waals surface area contributed by atoms with E-state index in [-0.39, 0.29) is 4.47 Å². The fourth-order valence-corrected chi connectivity index (χ4v) is 2.00. The van der Waals surface area contributed by atoms with E-state index in [1.807, 2.05) is 0 Å². The third-order valence-corrected chi connectivity index (χ3v) is 3.18. The van der Waals surface area contributed by atoms with Gasteiger partial charge in [0.1, 0.15) is 0 Å². The Morgan fingerprint density at radius 3 is 2.60 bits per heavy atom. The number of halogens is 4. The Kier molecular flexibility index (Phi) is 7.32. The molecule has 0 aliphatic carbocycles. The van der Waals surface area contributed by atoms with Crippen LogP contribution in [0.25, 0.3) is 0 Å². The molecule has 0 aliphatic rings. The van der Waals surface area contributed by atoms with E-state index in [1.165, 1.54) is 6.07 Å². The Bertz CT molecular complexity index is 413. The minimum absolute atomic E-state index is 0.0337. The van der Waals surface area contributed by atoms with Gasteiger partial charge in [-0.25, -0.2) is 0 Å². The fourth-order valence-electron chi connectivity index (χ4n) is 1.53. The monoisotopic (exact) mass is 355 g/mol.